The summed E-state index contributed by atoms with van der Waals surface area (Å²) in [5.74, 6) is 1.24. The van der Waals surface area contributed by atoms with E-state index in [9.17, 15) is 5.11 Å². The van der Waals surface area contributed by atoms with E-state index in [1.165, 1.54) is 6.07 Å². The summed E-state index contributed by atoms with van der Waals surface area (Å²) in [7, 11) is 0. The maximum atomic E-state index is 10.1. The van der Waals surface area contributed by atoms with Gasteiger partial charge in [0.1, 0.15) is 11.6 Å². The molecule has 1 atom stereocenters. The number of aromatic nitrogens is 1. The van der Waals surface area contributed by atoms with Crippen molar-refractivity contribution in [1.29, 1.82) is 0 Å². The van der Waals surface area contributed by atoms with Gasteiger partial charge in [0.15, 0.2) is 0 Å². The Bertz CT molecular complexity index is 733. The van der Waals surface area contributed by atoms with Gasteiger partial charge in [0.2, 0.25) is 0 Å². The van der Waals surface area contributed by atoms with Crippen molar-refractivity contribution in [3.05, 3.63) is 46.1 Å². The van der Waals surface area contributed by atoms with Crippen molar-refractivity contribution < 1.29 is 5.11 Å². The second kappa shape index (κ2) is 7.05. The van der Waals surface area contributed by atoms with E-state index in [4.69, 9.17) is 34.7 Å². The molecular weight excluding hydrogens is 347 g/mol. The molecule has 1 aromatic heterocycles. The van der Waals surface area contributed by atoms with Crippen molar-refractivity contribution in [2.24, 2.45) is 11.7 Å². The fourth-order valence-corrected chi connectivity index (χ4v) is 3.50. The van der Waals surface area contributed by atoms with Gasteiger partial charge in [0.25, 0.3) is 0 Å². The number of phenols is 1. The van der Waals surface area contributed by atoms with Crippen LogP contribution in [0, 0.1) is 5.92 Å². The normalized spacial score (nSPS) is 17.0. The van der Waals surface area contributed by atoms with Gasteiger partial charge in [-0.1, -0.05) is 23.2 Å². The summed E-state index contributed by atoms with van der Waals surface area (Å²) in [6, 6.07) is 6.49. The summed E-state index contributed by atoms with van der Waals surface area (Å²) >= 11 is 12.0. The molecule has 1 unspecified atom stereocenters. The summed E-state index contributed by atoms with van der Waals surface area (Å²) in [5, 5.41) is 10.9. The number of aromatic hydroxyl groups is 1. The first-order chi connectivity index (χ1) is 11.5. The fourth-order valence-electron chi connectivity index (χ4n) is 3.17. The van der Waals surface area contributed by atoms with Crippen LogP contribution in [-0.4, -0.2) is 23.2 Å². The molecular formula is C17H20Cl2N4O. The van der Waals surface area contributed by atoms with Crippen LogP contribution in [0.1, 0.15) is 24.4 Å². The quantitative estimate of drug-likeness (QED) is 0.772. The van der Waals surface area contributed by atoms with Gasteiger partial charge in [-0.3, -0.25) is 0 Å². The Hall–Kier alpha value is -1.69. The van der Waals surface area contributed by atoms with Gasteiger partial charge in [0.05, 0.1) is 10.0 Å². The highest BCUT2D eigenvalue weighted by Gasteiger charge is 2.27. The number of benzene rings is 1. The summed E-state index contributed by atoms with van der Waals surface area (Å²) in [6.07, 6.45) is 3.52. The number of piperidine rings is 1. The number of pyridine rings is 1. The van der Waals surface area contributed by atoms with E-state index in [-0.39, 0.29) is 17.7 Å². The molecule has 0 spiro atoms. The van der Waals surface area contributed by atoms with E-state index < -0.39 is 0 Å². The molecule has 2 aromatic rings. The second-order valence-corrected chi connectivity index (χ2v) is 6.94. The lowest BCUT2D eigenvalue weighted by atomic mass is 9.85. The Balaban J connectivity index is 1.69. The lowest BCUT2D eigenvalue weighted by Gasteiger charge is -2.35. The number of hydrogen-bond acceptors (Lipinski definition) is 5. The fraction of sp³-hybridized carbons (Fsp3) is 0.353. The molecule has 0 bridgehead atoms. The summed E-state index contributed by atoms with van der Waals surface area (Å²) in [4.78, 5) is 6.57. The average Bonchev–Trinajstić information content (AvgIpc) is 2.58. The number of rotatable bonds is 3. The Labute approximate surface area is 151 Å². The van der Waals surface area contributed by atoms with Crippen molar-refractivity contribution in [3.8, 4) is 5.75 Å². The highest BCUT2D eigenvalue weighted by atomic mass is 35.5. The molecule has 0 saturated carbocycles. The van der Waals surface area contributed by atoms with Crippen LogP contribution in [0.2, 0.25) is 10.0 Å². The highest BCUT2D eigenvalue weighted by molar-refractivity contribution is 6.42. The standard InChI is InChI=1S/C17H20Cl2N4O/c18-13-8-12(15(24)9-14(13)19)17(21)10-2-5-23(6-3-10)16-7-11(20)1-4-22-16/h1,4,7-10,17,24H,2-3,5-6,21H2,(H2,20,22). The monoisotopic (exact) mass is 366 g/mol. The van der Waals surface area contributed by atoms with Crippen LogP contribution in [-0.2, 0) is 0 Å². The van der Waals surface area contributed by atoms with E-state index in [2.05, 4.69) is 9.88 Å². The summed E-state index contributed by atoms with van der Waals surface area (Å²) < 4.78 is 0. The van der Waals surface area contributed by atoms with Gasteiger partial charge in [0, 0.05) is 48.7 Å². The molecule has 1 aromatic carbocycles. The first-order valence-electron chi connectivity index (χ1n) is 7.85. The maximum absolute atomic E-state index is 10.1. The number of nitrogens with two attached hydrogens (primary N) is 2. The molecule has 128 valence electrons. The van der Waals surface area contributed by atoms with E-state index in [0.29, 0.717) is 21.3 Å². The van der Waals surface area contributed by atoms with Crippen LogP contribution in [0.5, 0.6) is 5.75 Å². The van der Waals surface area contributed by atoms with E-state index in [0.717, 1.165) is 31.7 Å². The zero-order chi connectivity index (χ0) is 17.3. The molecule has 7 heteroatoms. The molecule has 0 aliphatic carbocycles. The predicted octanol–water partition coefficient (Wildman–Crippen LogP) is 3.59. The van der Waals surface area contributed by atoms with Crippen molar-refractivity contribution in [1.82, 2.24) is 4.98 Å². The Morgan fingerprint density at radius 3 is 2.50 bits per heavy atom. The van der Waals surface area contributed by atoms with E-state index in [1.807, 2.05) is 6.07 Å². The molecule has 5 N–H and O–H groups in total. The van der Waals surface area contributed by atoms with Gasteiger partial charge in [-0.2, -0.15) is 0 Å². The topological polar surface area (TPSA) is 88.4 Å². The molecule has 1 fully saturated rings. The smallest absolute Gasteiger partial charge is 0.130 e. The van der Waals surface area contributed by atoms with Crippen LogP contribution >= 0.6 is 23.2 Å². The highest BCUT2D eigenvalue weighted by Crippen LogP contribution is 2.38. The first kappa shape index (κ1) is 17.1. The third-order valence-electron chi connectivity index (χ3n) is 4.57. The van der Waals surface area contributed by atoms with Crippen LogP contribution in [0.3, 0.4) is 0 Å². The molecule has 24 heavy (non-hydrogen) atoms. The summed E-state index contributed by atoms with van der Waals surface area (Å²) in [6.45, 7) is 1.69. The zero-order valence-electron chi connectivity index (χ0n) is 13.1. The SMILES string of the molecule is Nc1ccnc(N2CCC(C(N)c3cc(Cl)c(Cl)cc3O)CC2)c1. The van der Waals surface area contributed by atoms with Crippen LogP contribution in [0.15, 0.2) is 30.5 Å². The number of anilines is 2. The zero-order valence-corrected chi connectivity index (χ0v) is 14.6. The largest absolute Gasteiger partial charge is 0.508 e. The number of halogens is 2. The molecule has 1 aliphatic heterocycles. The number of phenolic OH excluding ortho intramolecular Hbond substituents is 1. The lowest BCUT2D eigenvalue weighted by molar-refractivity contribution is 0.336. The molecule has 2 heterocycles. The van der Waals surface area contributed by atoms with Crippen LogP contribution < -0.4 is 16.4 Å². The van der Waals surface area contributed by atoms with E-state index >= 15 is 0 Å². The average molecular weight is 367 g/mol. The first-order valence-corrected chi connectivity index (χ1v) is 8.61. The minimum absolute atomic E-state index is 0.0943. The molecule has 5 nitrogen and oxygen atoms in total. The van der Waals surface area contributed by atoms with Gasteiger partial charge >= 0.3 is 0 Å². The van der Waals surface area contributed by atoms with Gasteiger partial charge in [-0.05, 0) is 30.9 Å². The third kappa shape index (κ3) is 3.53. The molecule has 3 rings (SSSR count). The Morgan fingerprint density at radius 1 is 1.17 bits per heavy atom. The van der Waals surface area contributed by atoms with Crippen LogP contribution in [0.4, 0.5) is 11.5 Å². The molecule has 0 amide bonds. The Morgan fingerprint density at radius 2 is 1.83 bits per heavy atom. The number of nitrogen functional groups attached to an aromatic ring is 1. The summed E-state index contributed by atoms with van der Waals surface area (Å²) in [5.41, 5.74) is 13.6. The third-order valence-corrected chi connectivity index (χ3v) is 5.29. The maximum Gasteiger partial charge on any atom is 0.130 e. The second-order valence-electron chi connectivity index (χ2n) is 6.12. The van der Waals surface area contributed by atoms with Crippen molar-refractivity contribution in [3.63, 3.8) is 0 Å². The lowest BCUT2D eigenvalue weighted by Crippen LogP contribution is -2.38. The molecule has 0 radical (unpaired) electrons. The van der Waals surface area contributed by atoms with Gasteiger partial charge < -0.3 is 21.5 Å². The molecule has 1 aliphatic rings. The molecule has 1 saturated heterocycles. The number of nitrogens with zero attached hydrogens (tertiary/aromatic N) is 2. The van der Waals surface area contributed by atoms with Crippen molar-refractivity contribution in [2.45, 2.75) is 18.9 Å². The minimum Gasteiger partial charge on any atom is -0.508 e. The number of hydrogen-bond donors (Lipinski definition) is 3. The predicted molar refractivity (Wildman–Crippen MR) is 98.6 cm³/mol. The minimum atomic E-state index is -0.282. The van der Waals surface area contributed by atoms with Gasteiger partial charge in [-0.25, -0.2) is 4.98 Å². The van der Waals surface area contributed by atoms with Crippen molar-refractivity contribution in [2.75, 3.05) is 23.7 Å². The van der Waals surface area contributed by atoms with Crippen molar-refractivity contribution >= 4 is 34.7 Å². The van der Waals surface area contributed by atoms with E-state index in [1.54, 1.807) is 18.3 Å². The Kier molecular flexibility index (Phi) is 5.04. The van der Waals surface area contributed by atoms with Crippen LogP contribution in [0.25, 0.3) is 0 Å². The van der Waals surface area contributed by atoms with Gasteiger partial charge in [-0.15, -0.1) is 0 Å².